The maximum absolute atomic E-state index is 14.8. The number of rotatable bonds is 24. The minimum absolute atomic E-state index is 0.00697. The highest BCUT2D eigenvalue weighted by molar-refractivity contribution is 6.03. The van der Waals surface area contributed by atoms with E-state index in [1.165, 1.54) is 36.4 Å². The molecule has 2 N–H and O–H groups in total. The number of carbonyl (C=O) groups is 1. The van der Waals surface area contributed by atoms with Crippen molar-refractivity contribution in [1.29, 1.82) is 0 Å². The van der Waals surface area contributed by atoms with Gasteiger partial charge in [-0.25, -0.2) is 4.39 Å². The first-order valence-corrected chi connectivity index (χ1v) is 23.5. The van der Waals surface area contributed by atoms with Crippen molar-refractivity contribution in [1.82, 2.24) is 4.90 Å². The van der Waals surface area contributed by atoms with Gasteiger partial charge in [-0.3, -0.25) is 25.0 Å². The van der Waals surface area contributed by atoms with E-state index in [4.69, 9.17) is 24.2 Å². The zero-order chi connectivity index (χ0) is 48.9. The van der Waals surface area contributed by atoms with Gasteiger partial charge in [-0.1, -0.05) is 55.3 Å². The Morgan fingerprint density at radius 3 is 2.30 bits per heavy atom. The molecule has 69 heavy (non-hydrogen) atoms. The second-order valence-electron chi connectivity index (χ2n) is 17.6. The smallest absolute Gasteiger partial charge is 0.269 e. The number of nitro groups is 2. The third-order valence-corrected chi connectivity index (χ3v) is 13.2. The number of hydrogen-bond donors (Lipinski definition) is 2. The van der Waals surface area contributed by atoms with Crippen LogP contribution < -0.4 is 9.47 Å². The van der Waals surface area contributed by atoms with Gasteiger partial charge in [0.05, 0.1) is 28.1 Å². The van der Waals surface area contributed by atoms with Crippen LogP contribution in [-0.2, 0) is 27.6 Å². The summed E-state index contributed by atoms with van der Waals surface area (Å²) in [7, 11) is 0. The summed E-state index contributed by atoms with van der Waals surface area (Å²) in [4.78, 5) is 44.5. The predicted molar refractivity (Wildman–Crippen MR) is 258 cm³/mol. The standard InChI is InChI=1S/C53H59FN4O11/c1-3-27-56(50(61)26-19-36-15-20-40(21-16-36)57(62)63)49-33-47(55-68-34-37-17-22-41(23-18-37)58(64)65)44-31-38(11-7-9-28-59)43(13-8-10-29-60)51-45-32-42(66-35-39-12-5-6-14-46(39)54)24-25-48(45)69-53(49,52(44)51)67-30-4-2/h4-6,12,14-26,31-32,38,43,49,51-52,59-60H,2-3,7-11,13,27-30,33-35H2,1H3. The van der Waals surface area contributed by atoms with Crippen LogP contribution >= 0.6 is 0 Å². The number of aliphatic hydroxyl groups is 2. The first-order chi connectivity index (χ1) is 33.5. The summed E-state index contributed by atoms with van der Waals surface area (Å²) in [6.45, 7) is 6.32. The van der Waals surface area contributed by atoms with Crippen molar-refractivity contribution in [3.05, 3.63) is 170 Å². The van der Waals surface area contributed by atoms with Gasteiger partial charge in [0.25, 0.3) is 11.4 Å². The van der Waals surface area contributed by atoms with Crippen LogP contribution in [0.2, 0.25) is 0 Å². The summed E-state index contributed by atoms with van der Waals surface area (Å²) in [5.74, 6) is -2.37. The van der Waals surface area contributed by atoms with Crippen LogP contribution in [0, 0.1) is 43.8 Å². The highest BCUT2D eigenvalue weighted by Gasteiger charge is 2.65. The molecule has 364 valence electrons. The van der Waals surface area contributed by atoms with Gasteiger partial charge in [0.15, 0.2) is 0 Å². The number of oxime groups is 1. The van der Waals surface area contributed by atoms with Crippen molar-refractivity contribution in [2.75, 3.05) is 26.4 Å². The molecule has 1 heterocycles. The third-order valence-electron chi connectivity index (χ3n) is 13.2. The molecule has 7 rings (SSSR count). The van der Waals surface area contributed by atoms with Crippen molar-refractivity contribution < 1.29 is 48.3 Å². The zero-order valence-electron chi connectivity index (χ0n) is 38.7. The monoisotopic (exact) mass is 946 g/mol. The summed E-state index contributed by atoms with van der Waals surface area (Å²) in [5.41, 5.74) is 3.69. The lowest BCUT2D eigenvalue weighted by atomic mass is 9.55. The van der Waals surface area contributed by atoms with Crippen LogP contribution in [0.1, 0.15) is 86.5 Å². The molecule has 1 amide bonds. The number of amides is 1. The van der Waals surface area contributed by atoms with Crippen LogP contribution in [0.4, 0.5) is 15.8 Å². The highest BCUT2D eigenvalue weighted by Crippen LogP contribution is 2.62. The Hall–Kier alpha value is -6.75. The van der Waals surface area contributed by atoms with E-state index >= 15 is 0 Å². The number of halogens is 1. The van der Waals surface area contributed by atoms with Gasteiger partial charge >= 0.3 is 0 Å². The molecule has 0 aromatic heterocycles. The van der Waals surface area contributed by atoms with Crippen LogP contribution in [0.15, 0.2) is 127 Å². The average Bonchev–Trinajstić information content (AvgIpc) is 3.35. The molecule has 0 saturated heterocycles. The molecule has 6 unspecified atom stereocenters. The second kappa shape index (κ2) is 23.5. The molecule has 1 saturated carbocycles. The number of non-ortho nitro benzene ring substituents is 2. The molecule has 4 aromatic carbocycles. The number of nitro benzene ring substituents is 2. The van der Waals surface area contributed by atoms with Gasteiger partial charge in [0, 0.05) is 73.6 Å². The number of benzene rings is 4. The van der Waals surface area contributed by atoms with E-state index in [1.807, 2.05) is 19.1 Å². The minimum Gasteiger partial charge on any atom is -0.489 e. The van der Waals surface area contributed by atoms with Crippen molar-refractivity contribution in [2.24, 2.45) is 22.9 Å². The lowest BCUT2D eigenvalue weighted by Gasteiger charge is -2.60. The lowest BCUT2D eigenvalue weighted by Crippen LogP contribution is -2.70. The van der Waals surface area contributed by atoms with Gasteiger partial charge in [0.2, 0.25) is 11.7 Å². The van der Waals surface area contributed by atoms with E-state index in [1.54, 1.807) is 65.6 Å². The fraction of sp³-hybridized carbons (Fsp3) is 0.396. The van der Waals surface area contributed by atoms with Gasteiger partial charge in [0.1, 0.15) is 36.6 Å². The minimum atomic E-state index is -1.54. The van der Waals surface area contributed by atoms with Crippen LogP contribution in [0.25, 0.3) is 6.08 Å². The summed E-state index contributed by atoms with van der Waals surface area (Å²) in [6, 6.07) is 23.1. The number of carbonyl (C=O) groups excluding carboxylic acids is 1. The molecule has 15 nitrogen and oxygen atoms in total. The van der Waals surface area contributed by atoms with E-state index in [-0.39, 0.29) is 86.9 Å². The zero-order valence-corrected chi connectivity index (χ0v) is 38.7. The number of unbranched alkanes of at least 4 members (excludes halogenated alkanes) is 2. The maximum atomic E-state index is 14.8. The largest absolute Gasteiger partial charge is 0.489 e. The Balaban J connectivity index is 1.40. The Kier molecular flexibility index (Phi) is 17.1. The fourth-order valence-corrected chi connectivity index (χ4v) is 10.0. The number of aliphatic hydroxyl groups excluding tert-OH is 2. The lowest BCUT2D eigenvalue weighted by molar-refractivity contribution is -0.385. The molecule has 0 bridgehead atoms. The quantitative estimate of drug-likeness (QED) is 0.0223. The molecule has 3 aliphatic rings. The SMILES string of the molecule is C=CCOC12Oc3ccc(OCc4ccccc4F)cc3C3C(CCCCO)C(CCCCO)C=C(C(=NOCc4ccc([N+](=O)[O-])cc4)CC1N(CCC)C(=O)C=Cc1ccc([N+](=O)[O-])cc1)C32. The average molecular weight is 947 g/mol. The number of nitrogens with zero attached hydrogens (tertiary/aromatic N) is 4. The van der Waals surface area contributed by atoms with E-state index in [0.717, 1.165) is 24.0 Å². The van der Waals surface area contributed by atoms with Crippen molar-refractivity contribution >= 4 is 29.1 Å². The first kappa shape index (κ1) is 50.1. The Morgan fingerprint density at radius 2 is 1.64 bits per heavy atom. The molecule has 0 spiro atoms. The van der Waals surface area contributed by atoms with Crippen LogP contribution in [0.3, 0.4) is 0 Å². The van der Waals surface area contributed by atoms with Gasteiger partial charge in [-0.2, -0.15) is 0 Å². The maximum Gasteiger partial charge on any atom is 0.269 e. The molecule has 4 aromatic rings. The molecule has 6 atom stereocenters. The summed E-state index contributed by atoms with van der Waals surface area (Å²) in [6.07, 6.45) is 11.6. The van der Waals surface area contributed by atoms with Gasteiger partial charge in [-0.05, 0) is 115 Å². The molecule has 1 fully saturated rings. The summed E-state index contributed by atoms with van der Waals surface area (Å²) < 4.78 is 35.5. The van der Waals surface area contributed by atoms with Crippen LogP contribution in [-0.4, -0.2) is 74.8 Å². The molecule has 2 aliphatic carbocycles. The Bertz CT molecular complexity index is 2530. The molecule has 1 aliphatic heterocycles. The fourth-order valence-electron chi connectivity index (χ4n) is 10.0. The topological polar surface area (TPSA) is 196 Å². The Labute approximate surface area is 400 Å². The Morgan fingerprint density at radius 1 is 0.942 bits per heavy atom. The van der Waals surface area contributed by atoms with Gasteiger partial charge in [-0.15, -0.1) is 6.58 Å². The molecule has 0 radical (unpaired) electrons. The molecular weight excluding hydrogens is 888 g/mol. The van der Waals surface area contributed by atoms with Crippen molar-refractivity contribution in [3.63, 3.8) is 0 Å². The van der Waals surface area contributed by atoms with E-state index < -0.39 is 27.6 Å². The molecular formula is C53H59FN4O11. The summed E-state index contributed by atoms with van der Waals surface area (Å²) in [5, 5.41) is 47.6. The number of hydrogen-bond acceptors (Lipinski definition) is 12. The number of ether oxygens (including phenoxy) is 3. The second-order valence-corrected chi connectivity index (χ2v) is 17.6. The van der Waals surface area contributed by atoms with Gasteiger partial charge < -0.3 is 34.2 Å². The normalized spacial score (nSPS) is 21.9. The van der Waals surface area contributed by atoms with E-state index in [2.05, 4.69) is 12.7 Å². The molecule has 16 heteroatoms. The number of allylic oxidation sites excluding steroid dienone is 1. The highest BCUT2D eigenvalue weighted by atomic mass is 19.1. The van der Waals surface area contributed by atoms with E-state index in [0.29, 0.717) is 66.0 Å². The summed E-state index contributed by atoms with van der Waals surface area (Å²) >= 11 is 0. The van der Waals surface area contributed by atoms with E-state index in [9.17, 15) is 39.6 Å². The predicted octanol–water partition coefficient (Wildman–Crippen LogP) is 10.0. The van der Waals surface area contributed by atoms with Crippen LogP contribution in [0.5, 0.6) is 11.5 Å². The number of fused-ring (bicyclic) bond motifs is 2. The first-order valence-electron chi connectivity index (χ1n) is 23.5. The van der Waals surface area contributed by atoms with Crippen molar-refractivity contribution in [3.8, 4) is 11.5 Å². The third kappa shape index (κ3) is 11.6. The van der Waals surface area contributed by atoms with Crippen molar-refractivity contribution in [2.45, 2.75) is 89.3 Å².